The number of ether oxygens (including phenoxy) is 1. The normalized spacial score (nSPS) is 11.8. The number of aliphatic carboxylic acids is 1. The van der Waals surface area contributed by atoms with Gasteiger partial charge in [-0.2, -0.15) is 0 Å². The second kappa shape index (κ2) is 11.5. The fourth-order valence-electron chi connectivity index (χ4n) is 2.02. The lowest BCUT2D eigenvalue weighted by molar-refractivity contribution is -0.402. The number of nitrogens with one attached hydrogen (secondary N) is 1. The molecule has 1 aromatic rings. The summed E-state index contributed by atoms with van der Waals surface area (Å²) in [6.45, 7) is 0.316. The minimum absolute atomic E-state index is 0.0407. The molecule has 1 atom stereocenters. The summed E-state index contributed by atoms with van der Waals surface area (Å²) in [5.74, 6) is -2.72. The zero-order valence-corrected chi connectivity index (χ0v) is 14.0. The van der Waals surface area contributed by atoms with Gasteiger partial charge in [-0.15, -0.1) is 0 Å². The van der Waals surface area contributed by atoms with E-state index < -0.39 is 28.9 Å². The lowest BCUT2D eigenvalue weighted by Crippen LogP contribution is -2.37. The van der Waals surface area contributed by atoms with Crippen molar-refractivity contribution in [3.05, 3.63) is 58.3 Å². The SMILES string of the molecule is O=C(CC[C@H](NCCCC=C[N+](=O)[O-])C(=O)O)OC(=O)c1ccccc1. The highest BCUT2D eigenvalue weighted by atomic mass is 16.6. The maximum atomic E-state index is 11.7. The monoisotopic (exact) mass is 364 g/mol. The lowest BCUT2D eigenvalue weighted by Gasteiger charge is -2.13. The number of benzene rings is 1. The maximum absolute atomic E-state index is 11.7. The van der Waals surface area contributed by atoms with Gasteiger partial charge in [0.1, 0.15) is 6.04 Å². The molecule has 1 aromatic carbocycles. The van der Waals surface area contributed by atoms with Gasteiger partial charge in [0.05, 0.1) is 10.5 Å². The number of nitro groups is 1. The third-order valence-corrected chi connectivity index (χ3v) is 3.32. The zero-order valence-electron chi connectivity index (χ0n) is 14.0. The number of carboxylic acids is 1. The van der Waals surface area contributed by atoms with Crippen LogP contribution in [0.25, 0.3) is 0 Å². The molecular formula is C17H20N2O7. The van der Waals surface area contributed by atoms with Gasteiger partial charge in [-0.1, -0.05) is 18.2 Å². The number of esters is 2. The summed E-state index contributed by atoms with van der Waals surface area (Å²) in [5.41, 5.74) is 0.233. The third kappa shape index (κ3) is 8.69. The molecule has 0 saturated heterocycles. The summed E-state index contributed by atoms with van der Waals surface area (Å²) in [5, 5.41) is 22.0. The van der Waals surface area contributed by atoms with Gasteiger partial charge in [0.25, 0.3) is 0 Å². The topological polar surface area (TPSA) is 136 Å². The summed E-state index contributed by atoms with van der Waals surface area (Å²) >= 11 is 0. The molecule has 0 fully saturated rings. The van der Waals surface area contributed by atoms with Crippen LogP contribution in [0.4, 0.5) is 0 Å². The molecule has 1 rings (SSSR count). The number of carbonyl (C=O) groups is 3. The number of carboxylic acid groups (broad SMARTS) is 1. The van der Waals surface area contributed by atoms with E-state index >= 15 is 0 Å². The molecule has 9 nitrogen and oxygen atoms in total. The predicted octanol–water partition coefficient (Wildman–Crippen LogP) is 1.76. The average Bonchev–Trinajstić information content (AvgIpc) is 2.60. The van der Waals surface area contributed by atoms with Crippen LogP contribution in [0.3, 0.4) is 0 Å². The second-order valence-electron chi connectivity index (χ2n) is 5.32. The van der Waals surface area contributed by atoms with Crippen molar-refractivity contribution >= 4 is 17.9 Å². The molecule has 0 aromatic heterocycles. The van der Waals surface area contributed by atoms with Gasteiger partial charge in [0.2, 0.25) is 6.20 Å². The van der Waals surface area contributed by atoms with Crippen LogP contribution in [-0.4, -0.2) is 40.5 Å². The molecule has 0 saturated carbocycles. The van der Waals surface area contributed by atoms with Gasteiger partial charge in [0.15, 0.2) is 0 Å². The van der Waals surface area contributed by atoms with E-state index in [0.29, 0.717) is 19.4 Å². The largest absolute Gasteiger partial charge is 0.480 e. The molecule has 0 heterocycles. The first-order valence-corrected chi connectivity index (χ1v) is 7.96. The smallest absolute Gasteiger partial charge is 0.345 e. The standard InChI is InChI=1S/C17H20N2O7/c20-15(26-17(23)13-7-3-1-4-8-13)10-9-14(16(21)22)18-11-5-2-6-12-19(24)25/h1,3-4,6-8,12,14,18H,2,5,9-11H2,(H,21,22)/t14-/m0/s1. The van der Waals surface area contributed by atoms with Gasteiger partial charge in [-0.3, -0.25) is 19.7 Å². The number of unbranched alkanes of at least 4 members (excludes halogenated alkanes) is 1. The Bertz CT molecular complexity index is 658. The Balaban J connectivity index is 2.33. The van der Waals surface area contributed by atoms with Crippen LogP contribution in [0.1, 0.15) is 36.0 Å². The molecule has 0 aliphatic rings. The Hall–Kier alpha value is -3.07. The molecule has 2 N–H and O–H groups in total. The molecule has 0 aliphatic carbocycles. The minimum atomic E-state index is -1.13. The van der Waals surface area contributed by atoms with Crippen LogP contribution in [0, 0.1) is 10.1 Å². The van der Waals surface area contributed by atoms with Crippen molar-refractivity contribution in [3.8, 4) is 0 Å². The first kappa shape index (κ1) is 21.0. The predicted molar refractivity (Wildman–Crippen MR) is 90.9 cm³/mol. The molecule has 140 valence electrons. The quantitative estimate of drug-likeness (QED) is 0.199. The van der Waals surface area contributed by atoms with Crippen LogP contribution >= 0.6 is 0 Å². The van der Waals surface area contributed by atoms with Crippen molar-refractivity contribution in [2.45, 2.75) is 31.7 Å². The Morgan fingerprint density at radius 3 is 2.58 bits per heavy atom. The van der Waals surface area contributed by atoms with Crippen molar-refractivity contribution in [2.24, 2.45) is 0 Å². The Morgan fingerprint density at radius 2 is 1.96 bits per heavy atom. The van der Waals surface area contributed by atoms with Crippen LogP contribution in [-0.2, 0) is 14.3 Å². The number of hydrogen-bond donors (Lipinski definition) is 2. The summed E-state index contributed by atoms with van der Waals surface area (Å²) in [6.07, 6.45) is 2.86. The first-order valence-electron chi connectivity index (χ1n) is 7.96. The summed E-state index contributed by atoms with van der Waals surface area (Å²) < 4.78 is 4.68. The van der Waals surface area contributed by atoms with E-state index in [4.69, 9.17) is 5.11 Å². The molecule has 26 heavy (non-hydrogen) atoms. The lowest BCUT2D eigenvalue weighted by atomic mass is 10.1. The van der Waals surface area contributed by atoms with Crippen molar-refractivity contribution in [2.75, 3.05) is 6.54 Å². The van der Waals surface area contributed by atoms with Crippen molar-refractivity contribution < 1.29 is 29.2 Å². The van der Waals surface area contributed by atoms with E-state index in [1.54, 1.807) is 18.2 Å². The molecule has 0 unspecified atom stereocenters. The van der Waals surface area contributed by atoms with Gasteiger partial charge >= 0.3 is 17.9 Å². The van der Waals surface area contributed by atoms with Gasteiger partial charge in [-0.25, -0.2) is 4.79 Å². The number of allylic oxidation sites excluding steroid dienone is 1. The highest BCUT2D eigenvalue weighted by Crippen LogP contribution is 2.05. The van der Waals surface area contributed by atoms with Crippen molar-refractivity contribution in [1.82, 2.24) is 5.32 Å². The Morgan fingerprint density at radius 1 is 1.27 bits per heavy atom. The number of carbonyl (C=O) groups excluding carboxylic acids is 2. The highest BCUT2D eigenvalue weighted by Gasteiger charge is 2.20. The van der Waals surface area contributed by atoms with Crippen LogP contribution < -0.4 is 5.32 Å². The number of rotatable bonds is 11. The van der Waals surface area contributed by atoms with E-state index in [0.717, 1.165) is 6.20 Å². The highest BCUT2D eigenvalue weighted by molar-refractivity contribution is 5.96. The molecular weight excluding hydrogens is 344 g/mol. The van der Waals surface area contributed by atoms with E-state index in [2.05, 4.69) is 10.1 Å². The number of nitrogens with zero attached hydrogens (tertiary/aromatic N) is 1. The Kier molecular flexibility index (Phi) is 9.26. The summed E-state index contributed by atoms with van der Waals surface area (Å²) in [6, 6.07) is 7.01. The molecule has 0 bridgehead atoms. The van der Waals surface area contributed by atoms with Gasteiger partial charge < -0.3 is 15.2 Å². The van der Waals surface area contributed by atoms with E-state index in [1.807, 2.05) is 0 Å². The molecule has 9 heteroatoms. The van der Waals surface area contributed by atoms with Crippen LogP contribution in [0.5, 0.6) is 0 Å². The summed E-state index contributed by atoms with van der Waals surface area (Å²) in [4.78, 5) is 44.1. The maximum Gasteiger partial charge on any atom is 0.345 e. The zero-order chi connectivity index (χ0) is 19.4. The Labute approximate surface area is 149 Å². The van der Waals surface area contributed by atoms with Crippen LogP contribution in [0.2, 0.25) is 0 Å². The molecule has 0 aliphatic heterocycles. The first-order chi connectivity index (χ1) is 12.4. The fourth-order valence-corrected chi connectivity index (χ4v) is 2.02. The van der Waals surface area contributed by atoms with E-state index in [1.165, 1.54) is 18.2 Å². The van der Waals surface area contributed by atoms with E-state index in [-0.39, 0.29) is 18.4 Å². The van der Waals surface area contributed by atoms with Gasteiger partial charge in [-0.05, 0) is 44.0 Å². The minimum Gasteiger partial charge on any atom is -0.480 e. The number of hydrogen-bond acceptors (Lipinski definition) is 7. The van der Waals surface area contributed by atoms with Crippen molar-refractivity contribution in [3.63, 3.8) is 0 Å². The van der Waals surface area contributed by atoms with E-state index in [9.17, 15) is 24.5 Å². The third-order valence-electron chi connectivity index (χ3n) is 3.32. The molecule has 0 spiro atoms. The van der Waals surface area contributed by atoms with Crippen LogP contribution in [0.15, 0.2) is 42.6 Å². The molecule has 0 amide bonds. The molecule has 0 radical (unpaired) electrons. The second-order valence-corrected chi connectivity index (χ2v) is 5.32. The summed E-state index contributed by atoms with van der Waals surface area (Å²) in [7, 11) is 0. The van der Waals surface area contributed by atoms with Gasteiger partial charge in [0, 0.05) is 6.42 Å². The fraction of sp³-hybridized carbons (Fsp3) is 0.353. The van der Waals surface area contributed by atoms with Crippen molar-refractivity contribution in [1.29, 1.82) is 0 Å². The average molecular weight is 364 g/mol.